The van der Waals surface area contributed by atoms with Crippen molar-refractivity contribution in [2.45, 2.75) is 6.42 Å². The van der Waals surface area contributed by atoms with Crippen LogP contribution in [0.2, 0.25) is 0 Å². The molecule has 2 rings (SSSR count). The molecule has 2 heterocycles. The molecule has 0 fully saturated rings. The van der Waals surface area contributed by atoms with Gasteiger partial charge >= 0.3 is 0 Å². The average Bonchev–Trinajstić information content (AvgIpc) is 2.18. The molecule has 0 saturated heterocycles. The molecule has 0 spiro atoms. The minimum Gasteiger partial charge on any atom is -0.396 e. The van der Waals surface area contributed by atoms with Crippen LogP contribution < -0.4 is 0 Å². The first-order valence-electron chi connectivity index (χ1n) is 3.92. The second-order valence-corrected chi connectivity index (χ2v) is 2.57. The van der Waals surface area contributed by atoms with Gasteiger partial charge in [0.15, 0.2) is 5.65 Å². The fourth-order valence-electron chi connectivity index (χ4n) is 1.05. The Morgan fingerprint density at radius 2 is 2.15 bits per heavy atom. The fourth-order valence-corrected chi connectivity index (χ4v) is 1.05. The molecule has 5 heteroatoms. The van der Waals surface area contributed by atoms with E-state index < -0.39 is 0 Å². The molecule has 0 radical (unpaired) electrons. The summed E-state index contributed by atoms with van der Waals surface area (Å²) in [5.41, 5.74) is 2.00. The summed E-state index contributed by atoms with van der Waals surface area (Å²) in [6, 6.07) is 0. The Morgan fingerprint density at radius 3 is 3.00 bits per heavy atom. The fraction of sp³-hybridized carbons (Fsp3) is 0.250. The van der Waals surface area contributed by atoms with Gasteiger partial charge in [-0.05, 0) is 0 Å². The van der Waals surface area contributed by atoms with E-state index in [0.717, 1.165) is 5.69 Å². The van der Waals surface area contributed by atoms with Crippen LogP contribution in [0.1, 0.15) is 5.69 Å². The van der Waals surface area contributed by atoms with E-state index in [1.807, 2.05) is 0 Å². The van der Waals surface area contributed by atoms with Crippen molar-refractivity contribution < 1.29 is 5.11 Å². The lowest BCUT2D eigenvalue weighted by Crippen LogP contribution is -1.97. The highest BCUT2D eigenvalue weighted by atomic mass is 16.3. The lowest BCUT2D eigenvalue weighted by atomic mass is 10.3. The van der Waals surface area contributed by atoms with Gasteiger partial charge < -0.3 is 5.11 Å². The Hall–Kier alpha value is -1.62. The molecule has 5 nitrogen and oxygen atoms in total. The van der Waals surface area contributed by atoms with Crippen LogP contribution in [0.3, 0.4) is 0 Å². The molecule has 2 aromatic heterocycles. The maximum atomic E-state index is 8.69. The normalized spacial score (nSPS) is 10.5. The van der Waals surface area contributed by atoms with Crippen molar-refractivity contribution in [2.24, 2.45) is 0 Å². The summed E-state index contributed by atoms with van der Waals surface area (Å²) in [6.07, 6.45) is 5.17. The molecule has 0 saturated carbocycles. The Kier molecular flexibility index (Phi) is 2.09. The lowest BCUT2D eigenvalue weighted by molar-refractivity contribution is 0.298. The molecule has 0 bridgehead atoms. The van der Waals surface area contributed by atoms with Crippen molar-refractivity contribution >= 4 is 11.2 Å². The van der Waals surface area contributed by atoms with Crippen LogP contribution in [-0.4, -0.2) is 31.6 Å². The number of aromatic nitrogens is 4. The second kappa shape index (κ2) is 3.40. The molecule has 0 aliphatic carbocycles. The standard InChI is InChI=1S/C8H8N4O/c13-2-1-6-3-10-8-7(12-6)4-9-5-11-8/h3-5,13H,1-2H2. The van der Waals surface area contributed by atoms with Gasteiger partial charge in [0.1, 0.15) is 11.8 Å². The van der Waals surface area contributed by atoms with E-state index in [0.29, 0.717) is 17.6 Å². The minimum absolute atomic E-state index is 0.0773. The van der Waals surface area contributed by atoms with Crippen LogP contribution in [0.25, 0.3) is 11.2 Å². The Bertz CT molecular complexity index is 418. The highest BCUT2D eigenvalue weighted by Gasteiger charge is 1.99. The summed E-state index contributed by atoms with van der Waals surface area (Å²) in [5.74, 6) is 0. The van der Waals surface area contributed by atoms with E-state index in [1.165, 1.54) is 6.33 Å². The molecule has 0 unspecified atom stereocenters. The monoisotopic (exact) mass is 176 g/mol. The molecule has 0 amide bonds. The van der Waals surface area contributed by atoms with Gasteiger partial charge in [0.25, 0.3) is 0 Å². The van der Waals surface area contributed by atoms with Gasteiger partial charge in [-0.1, -0.05) is 0 Å². The van der Waals surface area contributed by atoms with Gasteiger partial charge in [-0.25, -0.2) is 19.9 Å². The third kappa shape index (κ3) is 1.59. The van der Waals surface area contributed by atoms with Gasteiger partial charge in [-0.15, -0.1) is 0 Å². The van der Waals surface area contributed by atoms with Crippen molar-refractivity contribution in [3.05, 3.63) is 24.4 Å². The van der Waals surface area contributed by atoms with Crippen LogP contribution in [0, 0.1) is 0 Å². The second-order valence-electron chi connectivity index (χ2n) is 2.57. The molecular weight excluding hydrogens is 168 g/mol. The van der Waals surface area contributed by atoms with E-state index in [9.17, 15) is 0 Å². The van der Waals surface area contributed by atoms with E-state index >= 15 is 0 Å². The molecule has 0 aliphatic rings. The van der Waals surface area contributed by atoms with Crippen molar-refractivity contribution in [3.63, 3.8) is 0 Å². The maximum absolute atomic E-state index is 8.69. The number of rotatable bonds is 2. The Labute approximate surface area is 74.5 Å². The average molecular weight is 176 g/mol. The van der Waals surface area contributed by atoms with Gasteiger partial charge in [-0.3, -0.25) is 0 Å². The summed E-state index contributed by atoms with van der Waals surface area (Å²) >= 11 is 0. The zero-order chi connectivity index (χ0) is 9.10. The number of hydrogen-bond donors (Lipinski definition) is 1. The molecule has 1 N–H and O–H groups in total. The quantitative estimate of drug-likeness (QED) is 0.694. The number of hydrogen-bond acceptors (Lipinski definition) is 5. The predicted octanol–water partition coefficient (Wildman–Crippen LogP) is -0.0454. The zero-order valence-corrected chi connectivity index (χ0v) is 6.88. The van der Waals surface area contributed by atoms with Crippen molar-refractivity contribution in [1.82, 2.24) is 19.9 Å². The molecule has 2 aromatic rings. The first-order valence-corrected chi connectivity index (χ1v) is 3.92. The molecule has 13 heavy (non-hydrogen) atoms. The third-order valence-corrected chi connectivity index (χ3v) is 1.64. The van der Waals surface area contributed by atoms with Crippen LogP contribution in [0.15, 0.2) is 18.7 Å². The van der Waals surface area contributed by atoms with Gasteiger partial charge in [0.2, 0.25) is 0 Å². The van der Waals surface area contributed by atoms with Crippen molar-refractivity contribution in [1.29, 1.82) is 0 Å². The van der Waals surface area contributed by atoms with E-state index in [4.69, 9.17) is 5.11 Å². The minimum atomic E-state index is 0.0773. The lowest BCUT2D eigenvalue weighted by Gasteiger charge is -1.97. The van der Waals surface area contributed by atoms with Gasteiger partial charge in [0, 0.05) is 13.0 Å². The zero-order valence-electron chi connectivity index (χ0n) is 6.88. The van der Waals surface area contributed by atoms with Crippen LogP contribution in [0.5, 0.6) is 0 Å². The SMILES string of the molecule is OCCc1cnc2ncncc2n1. The van der Waals surface area contributed by atoms with Crippen molar-refractivity contribution in [2.75, 3.05) is 6.61 Å². The van der Waals surface area contributed by atoms with Gasteiger partial charge in [-0.2, -0.15) is 0 Å². The van der Waals surface area contributed by atoms with Crippen LogP contribution >= 0.6 is 0 Å². The number of nitrogens with zero attached hydrogens (tertiary/aromatic N) is 4. The molecule has 66 valence electrons. The summed E-state index contributed by atoms with van der Waals surface area (Å²) in [4.78, 5) is 16.1. The maximum Gasteiger partial charge on any atom is 0.181 e. The summed E-state index contributed by atoms with van der Waals surface area (Å²) in [7, 11) is 0. The van der Waals surface area contributed by atoms with Crippen LogP contribution in [0.4, 0.5) is 0 Å². The van der Waals surface area contributed by atoms with Crippen LogP contribution in [-0.2, 0) is 6.42 Å². The summed E-state index contributed by atoms with van der Waals surface area (Å²) < 4.78 is 0. The Morgan fingerprint density at radius 1 is 1.23 bits per heavy atom. The first kappa shape index (κ1) is 8.00. The number of fused-ring (bicyclic) bond motifs is 1. The molecule has 0 aromatic carbocycles. The first-order chi connectivity index (χ1) is 6.40. The summed E-state index contributed by atoms with van der Waals surface area (Å²) in [5, 5.41) is 8.69. The highest BCUT2D eigenvalue weighted by Crippen LogP contribution is 2.03. The van der Waals surface area contributed by atoms with Gasteiger partial charge in [0.05, 0.1) is 18.1 Å². The highest BCUT2D eigenvalue weighted by molar-refractivity contribution is 5.67. The van der Waals surface area contributed by atoms with E-state index in [2.05, 4.69) is 19.9 Å². The summed E-state index contributed by atoms with van der Waals surface area (Å²) in [6.45, 7) is 0.0773. The van der Waals surface area contributed by atoms with E-state index in [-0.39, 0.29) is 6.61 Å². The predicted molar refractivity (Wildman–Crippen MR) is 45.9 cm³/mol. The Balaban J connectivity index is 2.49. The molecule has 0 aliphatic heterocycles. The number of aliphatic hydroxyl groups excluding tert-OH is 1. The van der Waals surface area contributed by atoms with Crippen molar-refractivity contribution in [3.8, 4) is 0 Å². The smallest absolute Gasteiger partial charge is 0.181 e. The molecule has 0 atom stereocenters. The third-order valence-electron chi connectivity index (χ3n) is 1.64. The number of aliphatic hydroxyl groups is 1. The van der Waals surface area contributed by atoms with E-state index in [1.54, 1.807) is 12.4 Å². The largest absolute Gasteiger partial charge is 0.396 e. The topological polar surface area (TPSA) is 71.8 Å². The molecular formula is C8H8N4O.